The summed E-state index contributed by atoms with van der Waals surface area (Å²) in [6, 6.07) is 9.97. The van der Waals surface area contributed by atoms with E-state index in [0.29, 0.717) is 18.9 Å². The molecule has 1 aliphatic carbocycles. The Balaban J connectivity index is 1.67. The Bertz CT molecular complexity index is 680. The first-order chi connectivity index (χ1) is 11.7. The van der Waals surface area contributed by atoms with Gasteiger partial charge in [-0.3, -0.25) is 4.79 Å². The number of ether oxygens (including phenoxy) is 2. The van der Waals surface area contributed by atoms with Gasteiger partial charge in [-0.2, -0.15) is 0 Å². The van der Waals surface area contributed by atoms with Gasteiger partial charge in [-0.05, 0) is 48.9 Å². The van der Waals surface area contributed by atoms with Crippen LogP contribution in [0.15, 0.2) is 35.7 Å². The number of thiophene rings is 1. The summed E-state index contributed by atoms with van der Waals surface area (Å²) in [7, 11) is 1.64. The zero-order chi connectivity index (χ0) is 16.9. The van der Waals surface area contributed by atoms with Gasteiger partial charge in [-0.15, -0.1) is 11.3 Å². The van der Waals surface area contributed by atoms with Gasteiger partial charge in [0.15, 0.2) is 11.5 Å². The smallest absolute Gasteiger partial charge is 0.225 e. The van der Waals surface area contributed by atoms with E-state index in [1.54, 1.807) is 18.4 Å². The summed E-state index contributed by atoms with van der Waals surface area (Å²) in [5.74, 6) is 1.96. The normalized spacial score (nSPS) is 13.6. The maximum Gasteiger partial charge on any atom is 0.225 e. The van der Waals surface area contributed by atoms with Gasteiger partial charge < -0.3 is 14.4 Å². The van der Waals surface area contributed by atoms with Crippen LogP contribution in [0.5, 0.6) is 11.5 Å². The minimum absolute atomic E-state index is 0.250. The molecule has 5 heteroatoms. The molecule has 1 aromatic carbocycles. The number of benzene rings is 1. The molecule has 0 aliphatic heterocycles. The van der Waals surface area contributed by atoms with Gasteiger partial charge in [0.05, 0.1) is 7.11 Å². The van der Waals surface area contributed by atoms with Crippen molar-refractivity contribution in [2.24, 2.45) is 5.92 Å². The molecule has 3 rings (SSSR count). The SMILES string of the molecule is CCN(Cc1ccc(OCc2cccs2)c(OC)c1)C(=O)C1CC1. The molecule has 0 atom stereocenters. The number of hydrogen-bond donors (Lipinski definition) is 0. The summed E-state index contributed by atoms with van der Waals surface area (Å²) >= 11 is 1.67. The first-order valence-corrected chi connectivity index (χ1v) is 9.20. The van der Waals surface area contributed by atoms with E-state index in [1.165, 1.54) is 4.88 Å². The summed E-state index contributed by atoms with van der Waals surface area (Å²) < 4.78 is 11.3. The molecule has 1 amide bonds. The zero-order valence-corrected chi connectivity index (χ0v) is 15.0. The van der Waals surface area contributed by atoms with Crippen molar-refractivity contribution in [1.29, 1.82) is 0 Å². The van der Waals surface area contributed by atoms with Crippen LogP contribution in [0.3, 0.4) is 0 Å². The predicted octanol–water partition coefficient (Wildman–Crippen LogP) is 4.09. The van der Waals surface area contributed by atoms with Crippen LogP contribution < -0.4 is 9.47 Å². The average molecular weight is 345 g/mol. The van der Waals surface area contributed by atoms with Gasteiger partial charge in [0.25, 0.3) is 0 Å². The third kappa shape index (κ3) is 4.09. The van der Waals surface area contributed by atoms with E-state index in [0.717, 1.165) is 30.7 Å². The van der Waals surface area contributed by atoms with E-state index in [2.05, 4.69) is 0 Å². The lowest BCUT2D eigenvalue weighted by molar-refractivity contribution is -0.132. The third-order valence-electron chi connectivity index (χ3n) is 4.17. The number of hydrogen-bond acceptors (Lipinski definition) is 4. The lowest BCUT2D eigenvalue weighted by atomic mass is 10.1. The molecule has 4 nitrogen and oxygen atoms in total. The number of nitrogens with zero attached hydrogens (tertiary/aromatic N) is 1. The third-order valence-corrected chi connectivity index (χ3v) is 5.02. The molecule has 0 spiro atoms. The van der Waals surface area contributed by atoms with Crippen molar-refractivity contribution >= 4 is 17.2 Å². The summed E-state index contributed by atoms with van der Waals surface area (Å²) in [6.45, 7) is 3.91. The Kier molecular flexibility index (Phi) is 5.41. The first kappa shape index (κ1) is 16.8. The molecule has 0 N–H and O–H groups in total. The van der Waals surface area contributed by atoms with E-state index >= 15 is 0 Å². The van der Waals surface area contributed by atoms with Crippen LogP contribution in [0.4, 0.5) is 0 Å². The molecule has 1 aliphatic rings. The fourth-order valence-electron chi connectivity index (χ4n) is 2.63. The molecule has 0 unspecified atom stereocenters. The molecule has 0 saturated heterocycles. The monoisotopic (exact) mass is 345 g/mol. The van der Waals surface area contributed by atoms with Gasteiger partial charge in [-0.25, -0.2) is 0 Å². The second-order valence-corrected chi connectivity index (χ2v) is 7.01. The van der Waals surface area contributed by atoms with Crippen LogP contribution in [0.25, 0.3) is 0 Å². The highest BCUT2D eigenvalue weighted by Gasteiger charge is 2.32. The van der Waals surface area contributed by atoms with Crippen LogP contribution in [0, 0.1) is 5.92 Å². The molecule has 1 saturated carbocycles. The van der Waals surface area contributed by atoms with Crippen LogP contribution in [0.1, 0.15) is 30.2 Å². The van der Waals surface area contributed by atoms with Gasteiger partial charge in [0.2, 0.25) is 5.91 Å². The van der Waals surface area contributed by atoms with Gasteiger partial charge in [-0.1, -0.05) is 12.1 Å². The summed E-state index contributed by atoms with van der Waals surface area (Å²) in [6.07, 6.45) is 2.07. The lowest BCUT2D eigenvalue weighted by Crippen LogP contribution is -2.31. The molecule has 1 fully saturated rings. The molecule has 2 aromatic rings. The van der Waals surface area contributed by atoms with Gasteiger partial charge >= 0.3 is 0 Å². The van der Waals surface area contributed by atoms with Crippen LogP contribution in [-0.2, 0) is 17.9 Å². The fraction of sp³-hybridized carbons (Fsp3) is 0.421. The largest absolute Gasteiger partial charge is 0.493 e. The highest BCUT2D eigenvalue weighted by atomic mass is 32.1. The summed E-state index contributed by atoms with van der Waals surface area (Å²) in [5.41, 5.74) is 1.06. The molecule has 1 heterocycles. The van der Waals surface area contributed by atoms with E-state index in [4.69, 9.17) is 9.47 Å². The molecule has 0 radical (unpaired) electrons. The second kappa shape index (κ2) is 7.71. The molecule has 24 heavy (non-hydrogen) atoms. The fourth-order valence-corrected chi connectivity index (χ4v) is 3.24. The summed E-state index contributed by atoms with van der Waals surface area (Å²) in [4.78, 5) is 15.4. The standard InChI is InChI=1S/C19H23NO3S/c1-3-20(19(21)15-7-8-15)12-14-6-9-17(18(11-14)22-2)23-13-16-5-4-10-24-16/h4-6,9-11,15H,3,7-8,12-13H2,1-2H3. The number of carbonyl (C=O) groups is 1. The molecule has 0 bridgehead atoms. The number of carbonyl (C=O) groups excluding carboxylic acids is 1. The van der Waals surface area contributed by atoms with Crippen molar-refractivity contribution in [2.45, 2.75) is 32.9 Å². The van der Waals surface area contributed by atoms with E-state index in [1.807, 2.05) is 47.5 Å². The van der Waals surface area contributed by atoms with Crippen LogP contribution in [-0.4, -0.2) is 24.5 Å². The highest BCUT2D eigenvalue weighted by Crippen LogP contribution is 2.33. The van der Waals surface area contributed by atoms with Crippen molar-refractivity contribution in [3.63, 3.8) is 0 Å². The Morgan fingerprint density at radius 1 is 1.29 bits per heavy atom. The van der Waals surface area contributed by atoms with Crippen molar-refractivity contribution in [3.05, 3.63) is 46.2 Å². The number of amides is 1. The van der Waals surface area contributed by atoms with E-state index < -0.39 is 0 Å². The highest BCUT2D eigenvalue weighted by molar-refractivity contribution is 7.09. The number of rotatable bonds is 8. The topological polar surface area (TPSA) is 38.8 Å². The second-order valence-electron chi connectivity index (χ2n) is 5.98. The first-order valence-electron chi connectivity index (χ1n) is 8.32. The Hall–Kier alpha value is -2.01. The molecule has 1 aromatic heterocycles. The zero-order valence-electron chi connectivity index (χ0n) is 14.2. The van der Waals surface area contributed by atoms with Gasteiger partial charge in [0, 0.05) is 23.9 Å². The molecule has 128 valence electrons. The van der Waals surface area contributed by atoms with Crippen LogP contribution in [0.2, 0.25) is 0 Å². The molecular weight excluding hydrogens is 322 g/mol. The van der Waals surface area contributed by atoms with E-state index in [-0.39, 0.29) is 11.8 Å². The minimum atomic E-state index is 0.250. The van der Waals surface area contributed by atoms with E-state index in [9.17, 15) is 4.79 Å². The van der Waals surface area contributed by atoms with Crippen LogP contribution >= 0.6 is 11.3 Å². The van der Waals surface area contributed by atoms with Crippen molar-refractivity contribution in [1.82, 2.24) is 4.90 Å². The maximum atomic E-state index is 12.3. The van der Waals surface area contributed by atoms with Crippen molar-refractivity contribution in [2.75, 3.05) is 13.7 Å². The maximum absolute atomic E-state index is 12.3. The Morgan fingerprint density at radius 2 is 2.12 bits per heavy atom. The van der Waals surface area contributed by atoms with Gasteiger partial charge in [0.1, 0.15) is 6.61 Å². The Morgan fingerprint density at radius 3 is 2.75 bits per heavy atom. The average Bonchev–Trinajstić information content (AvgIpc) is 3.33. The van der Waals surface area contributed by atoms with Crippen molar-refractivity contribution in [3.8, 4) is 11.5 Å². The number of methoxy groups -OCH3 is 1. The van der Waals surface area contributed by atoms with Crippen molar-refractivity contribution < 1.29 is 14.3 Å². The summed E-state index contributed by atoms with van der Waals surface area (Å²) in [5, 5.41) is 2.04. The minimum Gasteiger partial charge on any atom is -0.493 e. The quantitative estimate of drug-likeness (QED) is 0.723. The predicted molar refractivity (Wildman–Crippen MR) is 95.5 cm³/mol. The Labute approximate surface area is 147 Å². The lowest BCUT2D eigenvalue weighted by Gasteiger charge is -2.21. The molecular formula is C19H23NO3S.